The van der Waals surface area contributed by atoms with Gasteiger partial charge in [-0.1, -0.05) is 0 Å². The third-order valence-corrected chi connectivity index (χ3v) is 6.11. The summed E-state index contributed by atoms with van der Waals surface area (Å²) in [5.41, 5.74) is 0. The van der Waals surface area contributed by atoms with Gasteiger partial charge in [-0.2, -0.15) is 0 Å². The molecule has 2 aliphatic rings. The van der Waals surface area contributed by atoms with Gasteiger partial charge in [0.05, 0.1) is 25.7 Å². The van der Waals surface area contributed by atoms with Crippen molar-refractivity contribution in [2.75, 3.05) is 45.9 Å². The average Bonchev–Trinajstić information content (AvgIpc) is 3.07. The molecule has 2 aliphatic heterocycles. The van der Waals surface area contributed by atoms with Crippen LogP contribution in [0.25, 0.3) is 0 Å². The van der Waals surface area contributed by atoms with Crippen molar-refractivity contribution in [3.05, 3.63) is 21.9 Å². The standard InChI is InChI=1S/C19H29N3O3S/c1-15-3-5-17(26-15)13-20-19(24)16-4-6-18(23)22(14-16)8-2-7-21-9-11-25-12-10-21/h3,5,16H,2,4,6-14H2,1H3,(H,20,24). The van der Waals surface area contributed by atoms with Crippen molar-refractivity contribution in [1.82, 2.24) is 15.1 Å². The maximum atomic E-state index is 12.5. The Labute approximate surface area is 159 Å². The lowest BCUT2D eigenvalue weighted by molar-refractivity contribution is -0.138. The Morgan fingerprint density at radius 2 is 2.12 bits per heavy atom. The van der Waals surface area contributed by atoms with Crippen LogP contribution in [0.4, 0.5) is 0 Å². The summed E-state index contributed by atoms with van der Waals surface area (Å²) in [6.07, 6.45) is 2.09. The zero-order valence-electron chi connectivity index (χ0n) is 15.5. The number of likely N-dealkylation sites (tertiary alicyclic amines) is 1. The van der Waals surface area contributed by atoms with Crippen LogP contribution in [0, 0.1) is 12.8 Å². The van der Waals surface area contributed by atoms with Crippen LogP contribution in [-0.2, 0) is 20.9 Å². The molecule has 0 bridgehead atoms. The number of morpholine rings is 1. The van der Waals surface area contributed by atoms with E-state index in [-0.39, 0.29) is 17.7 Å². The Morgan fingerprint density at radius 3 is 2.85 bits per heavy atom. The highest BCUT2D eigenvalue weighted by molar-refractivity contribution is 7.11. The summed E-state index contributed by atoms with van der Waals surface area (Å²) in [6, 6.07) is 4.13. The molecular weight excluding hydrogens is 350 g/mol. The second-order valence-corrected chi connectivity index (χ2v) is 8.49. The molecule has 1 aromatic heterocycles. The maximum Gasteiger partial charge on any atom is 0.225 e. The minimum absolute atomic E-state index is 0.0710. The molecule has 3 heterocycles. The first kappa shape index (κ1) is 19.3. The molecule has 144 valence electrons. The molecule has 7 heteroatoms. The van der Waals surface area contributed by atoms with Crippen molar-refractivity contribution in [2.45, 2.75) is 32.7 Å². The SMILES string of the molecule is Cc1ccc(CNC(=O)C2CCC(=O)N(CCCN3CCOCC3)C2)s1. The Hall–Kier alpha value is -1.44. The molecule has 1 atom stereocenters. The summed E-state index contributed by atoms with van der Waals surface area (Å²) in [5, 5.41) is 3.04. The molecule has 1 N–H and O–H groups in total. The first-order valence-corrected chi connectivity index (χ1v) is 10.3. The minimum Gasteiger partial charge on any atom is -0.379 e. The normalized spacial score (nSPS) is 21.8. The van der Waals surface area contributed by atoms with E-state index in [0.29, 0.717) is 25.9 Å². The van der Waals surface area contributed by atoms with E-state index in [2.05, 4.69) is 29.3 Å². The highest BCUT2D eigenvalue weighted by Gasteiger charge is 2.29. The molecule has 1 unspecified atom stereocenters. The molecule has 2 fully saturated rings. The van der Waals surface area contributed by atoms with Crippen LogP contribution >= 0.6 is 11.3 Å². The zero-order chi connectivity index (χ0) is 18.4. The molecule has 0 spiro atoms. The Balaban J connectivity index is 1.41. The van der Waals surface area contributed by atoms with Gasteiger partial charge in [0.15, 0.2) is 0 Å². The van der Waals surface area contributed by atoms with Gasteiger partial charge in [-0.05, 0) is 31.9 Å². The van der Waals surface area contributed by atoms with Crippen molar-refractivity contribution in [3.63, 3.8) is 0 Å². The predicted octanol–water partition coefficient (Wildman–Crippen LogP) is 1.63. The van der Waals surface area contributed by atoms with Gasteiger partial charge in [-0.3, -0.25) is 14.5 Å². The van der Waals surface area contributed by atoms with E-state index in [1.165, 1.54) is 9.75 Å². The number of rotatable bonds is 7. The lowest BCUT2D eigenvalue weighted by Crippen LogP contribution is -2.46. The topological polar surface area (TPSA) is 61.9 Å². The van der Waals surface area contributed by atoms with Gasteiger partial charge in [0, 0.05) is 48.9 Å². The van der Waals surface area contributed by atoms with Gasteiger partial charge in [0.2, 0.25) is 11.8 Å². The van der Waals surface area contributed by atoms with Crippen LogP contribution in [0.1, 0.15) is 29.0 Å². The number of carbonyl (C=O) groups is 2. The van der Waals surface area contributed by atoms with Crippen LogP contribution in [-0.4, -0.2) is 67.6 Å². The second-order valence-electron chi connectivity index (χ2n) is 7.11. The largest absolute Gasteiger partial charge is 0.379 e. The van der Waals surface area contributed by atoms with Crippen molar-refractivity contribution < 1.29 is 14.3 Å². The molecule has 1 aromatic rings. The monoisotopic (exact) mass is 379 g/mol. The number of aryl methyl sites for hydroxylation is 1. The van der Waals surface area contributed by atoms with Crippen LogP contribution < -0.4 is 5.32 Å². The highest BCUT2D eigenvalue weighted by atomic mass is 32.1. The van der Waals surface area contributed by atoms with E-state index in [1.54, 1.807) is 11.3 Å². The fourth-order valence-electron chi connectivity index (χ4n) is 3.55. The minimum atomic E-state index is -0.0860. The number of ether oxygens (including phenoxy) is 1. The number of hydrogen-bond acceptors (Lipinski definition) is 5. The molecule has 26 heavy (non-hydrogen) atoms. The summed E-state index contributed by atoms with van der Waals surface area (Å²) in [5.74, 6) is 0.170. The summed E-state index contributed by atoms with van der Waals surface area (Å²) in [6.45, 7) is 8.48. The number of nitrogens with zero attached hydrogens (tertiary/aromatic N) is 2. The summed E-state index contributed by atoms with van der Waals surface area (Å²) < 4.78 is 5.36. The number of carbonyl (C=O) groups excluding carboxylic acids is 2. The lowest BCUT2D eigenvalue weighted by Gasteiger charge is -2.33. The second kappa shape index (κ2) is 9.48. The smallest absolute Gasteiger partial charge is 0.225 e. The summed E-state index contributed by atoms with van der Waals surface area (Å²) in [7, 11) is 0. The molecule has 0 aliphatic carbocycles. The van der Waals surface area contributed by atoms with Gasteiger partial charge in [-0.15, -0.1) is 11.3 Å². The Bertz CT molecular complexity index is 613. The quantitative estimate of drug-likeness (QED) is 0.782. The lowest BCUT2D eigenvalue weighted by atomic mass is 9.96. The molecule has 2 saturated heterocycles. The van der Waals surface area contributed by atoms with Crippen molar-refractivity contribution >= 4 is 23.2 Å². The fraction of sp³-hybridized carbons (Fsp3) is 0.684. The van der Waals surface area contributed by atoms with E-state index in [0.717, 1.165) is 45.8 Å². The van der Waals surface area contributed by atoms with E-state index in [4.69, 9.17) is 4.74 Å². The zero-order valence-corrected chi connectivity index (χ0v) is 16.4. The molecule has 0 aromatic carbocycles. The number of thiophene rings is 1. The van der Waals surface area contributed by atoms with E-state index < -0.39 is 0 Å². The molecule has 6 nitrogen and oxygen atoms in total. The third-order valence-electron chi connectivity index (χ3n) is 5.11. The van der Waals surface area contributed by atoms with Gasteiger partial charge >= 0.3 is 0 Å². The molecular formula is C19H29N3O3S. The van der Waals surface area contributed by atoms with Gasteiger partial charge in [0.25, 0.3) is 0 Å². The van der Waals surface area contributed by atoms with Crippen molar-refractivity contribution in [1.29, 1.82) is 0 Å². The van der Waals surface area contributed by atoms with E-state index in [1.807, 2.05) is 4.90 Å². The Kier molecular flexibility index (Phi) is 7.05. The van der Waals surface area contributed by atoms with E-state index in [9.17, 15) is 9.59 Å². The van der Waals surface area contributed by atoms with E-state index >= 15 is 0 Å². The Morgan fingerprint density at radius 1 is 1.31 bits per heavy atom. The first-order chi connectivity index (χ1) is 12.6. The average molecular weight is 380 g/mol. The molecule has 0 saturated carbocycles. The van der Waals surface area contributed by atoms with Crippen LogP contribution in [0.2, 0.25) is 0 Å². The number of piperidine rings is 1. The first-order valence-electron chi connectivity index (χ1n) is 9.53. The molecule has 0 radical (unpaired) electrons. The van der Waals surface area contributed by atoms with Crippen LogP contribution in [0.5, 0.6) is 0 Å². The van der Waals surface area contributed by atoms with Crippen LogP contribution in [0.3, 0.4) is 0 Å². The summed E-state index contributed by atoms with van der Waals surface area (Å²) in [4.78, 5) is 31.4. The number of nitrogens with one attached hydrogen (secondary N) is 1. The molecule has 3 rings (SSSR count). The number of amides is 2. The fourth-order valence-corrected chi connectivity index (χ4v) is 4.38. The third kappa shape index (κ3) is 5.53. The van der Waals surface area contributed by atoms with Crippen molar-refractivity contribution in [2.24, 2.45) is 5.92 Å². The van der Waals surface area contributed by atoms with Gasteiger partial charge in [0.1, 0.15) is 0 Å². The van der Waals surface area contributed by atoms with Crippen molar-refractivity contribution in [3.8, 4) is 0 Å². The predicted molar refractivity (Wildman–Crippen MR) is 102 cm³/mol. The van der Waals surface area contributed by atoms with Gasteiger partial charge < -0.3 is 15.0 Å². The maximum absolute atomic E-state index is 12.5. The summed E-state index contributed by atoms with van der Waals surface area (Å²) >= 11 is 1.71. The highest BCUT2D eigenvalue weighted by Crippen LogP contribution is 2.19. The number of hydrogen-bond donors (Lipinski definition) is 1. The van der Waals surface area contributed by atoms with Gasteiger partial charge in [-0.25, -0.2) is 0 Å². The molecule has 2 amide bonds. The van der Waals surface area contributed by atoms with Crippen LogP contribution in [0.15, 0.2) is 12.1 Å².